The van der Waals surface area contributed by atoms with E-state index in [2.05, 4.69) is 26.2 Å². The third-order valence-electron chi connectivity index (χ3n) is 2.38. The van der Waals surface area contributed by atoms with E-state index in [0.717, 1.165) is 27.4 Å². The van der Waals surface area contributed by atoms with Crippen molar-refractivity contribution in [2.24, 2.45) is 0 Å². The summed E-state index contributed by atoms with van der Waals surface area (Å²) in [6.45, 7) is 1.96. The molecule has 17 heavy (non-hydrogen) atoms. The van der Waals surface area contributed by atoms with E-state index in [9.17, 15) is 0 Å². The molecule has 0 aliphatic rings. The predicted molar refractivity (Wildman–Crippen MR) is 73.0 cm³/mol. The van der Waals surface area contributed by atoms with E-state index in [0.29, 0.717) is 0 Å². The maximum absolute atomic E-state index is 5.10. The summed E-state index contributed by atoms with van der Waals surface area (Å²) in [4.78, 5) is 4.42. The first-order chi connectivity index (χ1) is 8.19. The summed E-state index contributed by atoms with van der Waals surface area (Å²) < 4.78 is 6.12. The summed E-state index contributed by atoms with van der Waals surface area (Å²) in [6, 6.07) is 11.6. The second-order valence-electron chi connectivity index (χ2n) is 3.62. The lowest BCUT2D eigenvalue weighted by Gasteiger charge is -2.07. The van der Waals surface area contributed by atoms with E-state index in [1.807, 2.05) is 43.3 Å². The molecule has 0 saturated carbocycles. The van der Waals surface area contributed by atoms with Gasteiger partial charge < -0.3 is 10.1 Å². The van der Waals surface area contributed by atoms with Gasteiger partial charge in [0.15, 0.2) is 0 Å². The molecule has 0 radical (unpaired) electrons. The van der Waals surface area contributed by atoms with Crippen LogP contribution in [0.2, 0.25) is 0 Å². The lowest BCUT2D eigenvalue weighted by atomic mass is 10.3. The zero-order valence-electron chi connectivity index (χ0n) is 9.70. The monoisotopic (exact) mass is 292 g/mol. The maximum Gasteiger partial charge on any atom is 0.130 e. The fourth-order valence-corrected chi connectivity index (χ4v) is 1.66. The molecular weight excluding hydrogens is 280 g/mol. The minimum atomic E-state index is 0.830. The lowest BCUT2D eigenvalue weighted by Crippen LogP contribution is -1.95. The standard InChI is InChI=1S/C13H13BrN2O/c1-9-12(14)7-8-13(15-9)16-10-3-5-11(17-2)6-4-10/h3-8H,1-2H3,(H,15,16). The minimum Gasteiger partial charge on any atom is -0.497 e. The number of halogens is 1. The van der Waals surface area contributed by atoms with Gasteiger partial charge in [-0.25, -0.2) is 4.98 Å². The molecule has 4 heteroatoms. The van der Waals surface area contributed by atoms with Gasteiger partial charge >= 0.3 is 0 Å². The largest absolute Gasteiger partial charge is 0.497 e. The van der Waals surface area contributed by atoms with Crippen molar-refractivity contribution in [3.05, 3.63) is 46.6 Å². The van der Waals surface area contributed by atoms with Crippen LogP contribution in [-0.4, -0.2) is 12.1 Å². The first-order valence-corrected chi connectivity index (χ1v) is 6.02. The Morgan fingerprint density at radius 2 is 1.82 bits per heavy atom. The van der Waals surface area contributed by atoms with Crippen molar-refractivity contribution in [2.75, 3.05) is 12.4 Å². The first kappa shape index (κ1) is 11.9. The number of pyridine rings is 1. The van der Waals surface area contributed by atoms with Crippen LogP contribution < -0.4 is 10.1 Å². The van der Waals surface area contributed by atoms with Crippen molar-refractivity contribution < 1.29 is 4.74 Å². The van der Waals surface area contributed by atoms with Gasteiger partial charge in [0.2, 0.25) is 0 Å². The first-order valence-electron chi connectivity index (χ1n) is 5.23. The van der Waals surface area contributed by atoms with E-state index < -0.39 is 0 Å². The van der Waals surface area contributed by atoms with Gasteiger partial charge in [-0.1, -0.05) is 0 Å². The van der Waals surface area contributed by atoms with Gasteiger partial charge in [-0.05, 0) is 59.3 Å². The average Bonchev–Trinajstić information content (AvgIpc) is 2.35. The zero-order chi connectivity index (χ0) is 12.3. The Balaban J connectivity index is 2.16. The van der Waals surface area contributed by atoms with Crippen molar-refractivity contribution in [1.29, 1.82) is 0 Å². The SMILES string of the molecule is COc1ccc(Nc2ccc(Br)c(C)n2)cc1. The van der Waals surface area contributed by atoms with Gasteiger partial charge in [0.25, 0.3) is 0 Å². The molecular formula is C13H13BrN2O. The van der Waals surface area contributed by atoms with Crippen LogP contribution in [-0.2, 0) is 0 Å². The number of benzene rings is 1. The molecule has 0 unspecified atom stereocenters. The number of anilines is 2. The Labute approximate surface area is 109 Å². The van der Waals surface area contributed by atoms with E-state index in [-0.39, 0.29) is 0 Å². The molecule has 88 valence electrons. The second kappa shape index (κ2) is 5.19. The fourth-order valence-electron chi connectivity index (χ4n) is 1.44. The van der Waals surface area contributed by atoms with E-state index in [1.165, 1.54) is 0 Å². The summed E-state index contributed by atoms with van der Waals surface area (Å²) in [5.74, 6) is 1.67. The number of nitrogens with zero attached hydrogens (tertiary/aromatic N) is 1. The van der Waals surface area contributed by atoms with Gasteiger partial charge in [0.1, 0.15) is 11.6 Å². The van der Waals surface area contributed by atoms with Crippen molar-refractivity contribution >= 4 is 27.4 Å². The van der Waals surface area contributed by atoms with Crippen molar-refractivity contribution in [3.8, 4) is 5.75 Å². The van der Waals surface area contributed by atoms with E-state index in [1.54, 1.807) is 7.11 Å². The molecule has 0 saturated heterocycles. The van der Waals surface area contributed by atoms with Crippen LogP contribution in [0.15, 0.2) is 40.9 Å². The molecule has 2 rings (SSSR count). The van der Waals surface area contributed by atoms with Gasteiger partial charge in [-0.15, -0.1) is 0 Å². The highest BCUT2D eigenvalue weighted by Crippen LogP contribution is 2.21. The number of nitrogens with one attached hydrogen (secondary N) is 1. The van der Waals surface area contributed by atoms with Crippen molar-refractivity contribution in [3.63, 3.8) is 0 Å². The molecule has 0 spiro atoms. The molecule has 0 aliphatic carbocycles. The Morgan fingerprint density at radius 3 is 2.41 bits per heavy atom. The Kier molecular flexibility index (Phi) is 3.64. The van der Waals surface area contributed by atoms with Gasteiger partial charge in [-0.2, -0.15) is 0 Å². The van der Waals surface area contributed by atoms with Crippen LogP contribution in [0.3, 0.4) is 0 Å². The van der Waals surface area contributed by atoms with Gasteiger partial charge in [-0.3, -0.25) is 0 Å². The normalized spacial score (nSPS) is 10.1. The number of aryl methyl sites for hydroxylation is 1. The molecule has 0 atom stereocenters. The minimum absolute atomic E-state index is 0.830. The number of methoxy groups -OCH3 is 1. The third kappa shape index (κ3) is 2.97. The maximum atomic E-state index is 5.10. The smallest absolute Gasteiger partial charge is 0.130 e. The van der Waals surface area contributed by atoms with E-state index in [4.69, 9.17) is 4.74 Å². The Hall–Kier alpha value is -1.55. The summed E-state index contributed by atoms with van der Waals surface area (Å²) in [6.07, 6.45) is 0. The second-order valence-corrected chi connectivity index (χ2v) is 4.47. The predicted octanol–water partition coefficient (Wildman–Crippen LogP) is 3.90. The highest BCUT2D eigenvalue weighted by molar-refractivity contribution is 9.10. The number of rotatable bonds is 3. The molecule has 2 aromatic rings. The lowest BCUT2D eigenvalue weighted by molar-refractivity contribution is 0.415. The summed E-state index contributed by atoms with van der Waals surface area (Å²) in [5.41, 5.74) is 1.95. The molecule has 0 aliphatic heterocycles. The Morgan fingerprint density at radius 1 is 1.12 bits per heavy atom. The topological polar surface area (TPSA) is 34.1 Å². The summed E-state index contributed by atoms with van der Waals surface area (Å²) in [5, 5.41) is 3.24. The molecule has 1 heterocycles. The summed E-state index contributed by atoms with van der Waals surface area (Å²) >= 11 is 3.43. The van der Waals surface area contributed by atoms with Crippen LogP contribution >= 0.6 is 15.9 Å². The van der Waals surface area contributed by atoms with Gasteiger partial charge in [0, 0.05) is 10.2 Å². The fraction of sp³-hybridized carbons (Fsp3) is 0.154. The van der Waals surface area contributed by atoms with Crippen LogP contribution in [0.1, 0.15) is 5.69 Å². The van der Waals surface area contributed by atoms with Crippen molar-refractivity contribution in [2.45, 2.75) is 6.92 Å². The molecule has 0 amide bonds. The number of ether oxygens (including phenoxy) is 1. The highest BCUT2D eigenvalue weighted by Gasteiger charge is 2.00. The molecule has 3 nitrogen and oxygen atoms in total. The highest BCUT2D eigenvalue weighted by atomic mass is 79.9. The van der Waals surface area contributed by atoms with Crippen LogP contribution in [0, 0.1) is 6.92 Å². The third-order valence-corrected chi connectivity index (χ3v) is 3.22. The van der Waals surface area contributed by atoms with Crippen LogP contribution in [0.25, 0.3) is 0 Å². The summed E-state index contributed by atoms with van der Waals surface area (Å²) in [7, 11) is 1.65. The molecule has 0 fully saturated rings. The number of hydrogen-bond donors (Lipinski definition) is 1. The van der Waals surface area contributed by atoms with E-state index >= 15 is 0 Å². The molecule has 1 N–H and O–H groups in total. The number of hydrogen-bond acceptors (Lipinski definition) is 3. The van der Waals surface area contributed by atoms with Crippen molar-refractivity contribution in [1.82, 2.24) is 4.98 Å². The quantitative estimate of drug-likeness (QED) is 0.931. The Bertz CT molecular complexity index is 511. The molecule has 1 aromatic carbocycles. The van der Waals surface area contributed by atoms with Gasteiger partial charge in [0.05, 0.1) is 12.8 Å². The average molecular weight is 293 g/mol. The molecule has 0 bridgehead atoms. The number of aromatic nitrogens is 1. The van der Waals surface area contributed by atoms with Crippen LogP contribution in [0.4, 0.5) is 11.5 Å². The molecule has 1 aromatic heterocycles. The van der Waals surface area contributed by atoms with Crippen LogP contribution in [0.5, 0.6) is 5.75 Å². The zero-order valence-corrected chi connectivity index (χ0v) is 11.3.